The summed E-state index contributed by atoms with van der Waals surface area (Å²) in [5.41, 5.74) is 12.1. The number of aryl methyl sites for hydroxylation is 4. The summed E-state index contributed by atoms with van der Waals surface area (Å²) in [5.74, 6) is 0. The third-order valence-corrected chi connectivity index (χ3v) is 7.99. The molecule has 3 heteroatoms. The maximum Gasteiger partial charge on any atom is 0.221 e. The number of hydrogen-bond acceptors (Lipinski definition) is 1. The van der Waals surface area contributed by atoms with Crippen molar-refractivity contribution < 1.29 is 9.13 Å². The Labute approximate surface area is 218 Å². The second-order valence-electron chi connectivity index (χ2n) is 10.4. The molecule has 3 aromatic carbocycles. The molecule has 0 saturated carbocycles. The summed E-state index contributed by atoms with van der Waals surface area (Å²) < 4.78 is 4.90. The molecule has 0 bridgehead atoms. The van der Waals surface area contributed by atoms with Gasteiger partial charge in [-0.25, -0.2) is 0 Å². The van der Waals surface area contributed by atoms with Gasteiger partial charge in [-0.2, -0.15) is 9.13 Å². The summed E-state index contributed by atoms with van der Waals surface area (Å²) in [6.07, 6.45) is 11.1. The number of rotatable bonds is 3. The Hall–Kier alpha value is -4.24. The molecule has 4 heterocycles. The minimum Gasteiger partial charge on any atom is -0.378 e. The maximum atomic E-state index is 2.46. The van der Waals surface area contributed by atoms with Crippen LogP contribution in [0.15, 0.2) is 91.3 Å². The van der Waals surface area contributed by atoms with Crippen molar-refractivity contribution in [2.75, 3.05) is 19.0 Å². The van der Waals surface area contributed by atoms with Crippen molar-refractivity contribution in [3.8, 4) is 22.5 Å². The molecule has 0 spiro atoms. The van der Waals surface area contributed by atoms with Gasteiger partial charge in [0.15, 0.2) is 25.5 Å². The van der Waals surface area contributed by atoms with Crippen LogP contribution < -0.4 is 14.0 Å². The van der Waals surface area contributed by atoms with Crippen LogP contribution in [-0.2, 0) is 25.9 Å². The lowest BCUT2D eigenvalue weighted by Gasteiger charge is -2.23. The normalized spacial score (nSPS) is 13.7. The standard InChI is InChI=1S/C34H31N3/c1-35(2)29-13-9-24(10-14-29)7-8-25-15-19-36-20-17-27-11-12-28-18-22-37-21-16-26-5-3-4-6-30(26)34(37)33(28)32(27)31(36)23-25/h3-16,19,21,23H,17-18,20,22H2,1-2H3/q+2. The Morgan fingerprint density at radius 1 is 0.676 bits per heavy atom. The van der Waals surface area contributed by atoms with Crippen LogP contribution in [0.25, 0.3) is 45.4 Å². The monoisotopic (exact) mass is 481 g/mol. The lowest BCUT2D eigenvalue weighted by molar-refractivity contribution is -0.689. The van der Waals surface area contributed by atoms with E-state index in [9.17, 15) is 0 Å². The van der Waals surface area contributed by atoms with Crippen LogP contribution in [0.4, 0.5) is 5.69 Å². The number of pyridine rings is 2. The van der Waals surface area contributed by atoms with Gasteiger partial charge in [0.1, 0.15) is 0 Å². The Morgan fingerprint density at radius 2 is 1.38 bits per heavy atom. The van der Waals surface area contributed by atoms with Crippen LogP contribution >= 0.6 is 0 Å². The fourth-order valence-corrected chi connectivity index (χ4v) is 6.01. The molecule has 180 valence electrons. The van der Waals surface area contributed by atoms with E-state index >= 15 is 0 Å². The first-order valence-corrected chi connectivity index (χ1v) is 13.2. The fourth-order valence-electron chi connectivity index (χ4n) is 6.01. The second kappa shape index (κ2) is 8.70. The number of aromatic nitrogens is 2. The Morgan fingerprint density at radius 3 is 2.19 bits per heavy atom. The van der Waals surface area contributed by atoms with E-state index in [1.807, 2.05) is 0 Å². The summed E-state index contributed by atoms with van der Waals surface area (Å²) in [5, 5.41) is 2.65. The lowest BCUT2D eigenvalue weighted by atomic mass is 9.83. The highest BCUT2D eigenvalue weighted by atomic mass is 15.1. The highest BCUT2D eigenvalue weighted by Gasteiger charge is 2.34. The highest BCUT2D eigenvalue weighted by Crippen LogP contribution is 2.41. The Balaban J connectivity index is 1.37. The molecule has 0 amide bonds. The highest BCUT2D eigenvalue weighted by molar-refractivity contribution is 5.98. The van der Waals surface area contributed by atoms with E-state index in [1.165, 1.54) is 61.2 Å². The molecule has 2 aromatic heterocycles. The van der Waals surface area contributed by atoms with Crippen LogP contribution in [0.3, 0.4) is 0 Å². The van der Waals surface area contributed by atoms with Gasteiger partial charge in [-0.15, -0.1) is 0 Å². The van der Waals surface area contributed by atoms with Crippen LogP contribution in [0.1, 0.15) is 22.3 Å². The van der Waals surface area contributed by atoms with Gasteiger partial charge < -0.3 is 4.90 Å². The van der Waals surface area contributed by atoms with Crippen molar-refractivity contribution in [2.45, 2.75) is 25.9 Å². The third kappa shape index (κ3) is 3.74. The zero-order valence-electron chi connectivity index (χ0n) is 21.5. The maximum absolute atomic E-state index is 2.46. The Bertz CT molecular complexity index is 1690. The van der Waals surface area contributed by atoms with E-state index < -0.39 is 0 Å². The van der Waals surface area contributed by atoms with E-state index in [-0.39, 0.29) is 0 Å². The number of nitrogens with zero attached hydrogens (tertiary/aromatic N) is 3. The smallest absolute Gasteiger partial charge is 0.221 e. The Kier molecular flexibility index (Phi) is 5.17. The van der Waals surface area contributed by atoms with Gasteiger partial charge in [-0.1, -0.05) is 54.6 Å². The molecule has 0 radical (unpaired) electrons. The molecule has 0 saturated heterocycles. The zero-order chi connectivity index (χ0) is 24.9. The van der Waals surface area contributed by atoms with Crippen LogP contribution in [0.2, 0.25) is 0 Å². The third-order valence-electron chi connectivity index (χ3n) is 7.99. The van der Waals surface area contributed by atoms with Gasteiger partial charge >= 0.3 is 0 Å². The number of hydrogen-bond donors (Lipinski definition) is 0. The van der Waals surface area contributed by atoms with Crippen molar-refractivity contribution in [2.24, 2.45) is 0 Å². The number of fused-ring (bicyclic) bond motifs is 9. The first kappa shape index (κ1) is 22.0. The van der Waals surface area contributed by atoms with Crippen molar-refractivity contribution in [3.63, 3.8) is 0 Å². The second-order valence-corrected chi connectivity index (χ2v) is 10.4. The summed E-state index contributed by atoms with van der Waals surface area (Å²) in [6.45, 7) is 2.05. The van der Waals surface area contributed by atoms with Crippen molar-refractivity contribution in [1.82, 2.24) is 0 Å². The van der Waals surface area contributed by atoms with Gasteiger partial charge in [0.05, 0.1) is 16.5 Å². The quantitative estimate of drug-likeness (QED) is 0.284. The first-order valence-electron chi connectivity index (χ1n) is 13.2. The van der Waals surface area contributed by atoms with Gasteiger partial charge in [0.25, 0.3) is 0 Å². The summed E-state index contributed by atoms with van der Waals surface area (Å²) >= 11 is 0. The van der Waals surface area contributed by atoms with E-state index in [0.717, 1.165) is 25.9 Å². The fraction of sp³-hybridized carbons (Fsp3) is 0.176. The minimum absolute atomic E-state index is 1.02. The van der Waals surface area contributed by atoms with E-state index in [2.05, 4.69) is 132 Å². The van der Waals surface area contributed by atoms with Gasteiger partial charge in [-0.3, -0.25) is 0 Å². The molecular weight excluding hydrogens is 450 g/mol. The molecule has 0 unspecified atom stereocenters. The molecule has 0 fully saturated rings. The summed E-state index contributed by atoms with van der Waals surface area (Å²) in [4.78, 5) is 2.13. The van der Waals surface area contributed by atoms with Crippen molar-refractivity contribution in [3.05, 3.63) is 114 Å². The molecule has 5 aromatic rings. The zero-order valence-corrected chi connectivity index (χ0v) is 21.5. The van der Waals surface area contributed by atoms with Crippen LogP contribution in [0.5, 0.6) is 0 Å². The predicted molar refractivity (Wildman–Crippen MR) is 152 cm³/mol. The molecular formula is C34H31N3+2. The average molecular weight is 482 g/mol. The largest absolute Gasteiger partial charge is 0.378 e. The molecule has 2 aliphatic rings. The van der Waals surface area contributed by atoms with Gasteiger partial charge in [0, 0.05) is 50.8 Å². The van der Waals surface area contributed by atoms with E-state index in [0.29, 0.717) is 0 Å². The van der Waals surface area contributed by atoms with Crippen LogP contribution in [-0.4, -0.2) is 14.1 Å². The molecule has 37 heavy (non-hydrogen) atoms. The molecule has 0 atom stereocenters. The van der Waals surface area contributed by atoms with Gasteiger partial charge in [0.2, 0.25) is 11.4 Å². The summed E-state index contributed by atoms with van der Waals surface area (Å²) in [7, 11) is 4.15. The number of anilines is 1. The topological polar surface area (TPSA) is 11.0 Å². The molecule has 3 nitrogen and oxygen atoms in total. The van der Waals surface area contributed by atoms with Crippen molar-refractivity contribution in [1.29, 1.82) is 0 Å². The SMILES string of the molecule is CN(C)c1ccc(/C=C/c2cc[n+]3c(c2)-c2c(ccc4c2-c2c5ccccc5cc[n+]2CC4)CC3)cc1. The van der Waals surface area contributed by atoms with Crippen LogP contribution in [0, 0.1) is 0 Å². The number of benzene rings is 3. The molecule has 2 aliphatic heterocycles. The lowest BCUT2D eigenvalue weighted by Crippen LogP contribution is -2.43. The van der Waals surface area contributed by atoms with E-state index in [4.69, 9.17) is 0 Å². The van der Waals surface area contributed by atoms with Crippen molar-refractivity contribution >= 4 is 28.6 Å². The van der Waals surface area contributed by atoms with Gasteiger partial charge in [-0.05, 0) is 45.8 Å². The minimum atomic E-state index is 1.02. The average Bonchev–Trinajstić information content (AvgIpc) is 2.95. The van der Waals surface area contributed by atoms with E-state index in [1.54, 1.807) is 0 Å². The predicted octanol–water partition coefficient (Wildman–Crippen LogP) is 6.10. The molecule has 0 aliphatic carbocycles. The first-order chi connectivity index (χ1) is 18.2. The molecule has 7 rings (SSSR count). The molecule has 0 N–H and O–H groups in total. The summed E-state index contributed by atoms with van der Waals surface area (Å²) in [6, 6.07) is 29.2.